The summed E-state index contributed by atoms with van der Waals surface area (Å²) in [6, 6.07) is 3.52. The van der Waals surface area contributed by atoms with E-state index in [2.05, 4.69) is 0 Å². The van der Waals surface area contributed by atoms with Crippen molar-refractivity contribution in [3.63, 3.8) is 0 Å². The number of alkyl halides is 3. The Bertz CT molecular complexity index is 1210. The Labute approximate surface area is 229 Å². The van der Waals surface area contributed by atoms with E-state index >= 15 is 4.39 Å². The van der Waals surface area contributed by atoms with Gasteiger partial charge >= 0.3 is 12.1 Å². The molecule has 0 radical (unpaired) electrons. The van der Waals surface area contributed by atoms with Crippen molar-refractivity contribution in [1.82, 2.24) is 0 Å². The number of anilines is 1. The molecule has 0 atom stereocenters. The van der Waals surface area contributed by atoms with Crippen LogP contribution in [0, 0.1) is 11.7 Å². The Morgan fingerprint density at radius 2 is 1.65 bits per heavy atom. The highest BCUT2D eigenvalue weighted by molar-refractivity contribution is 6.04. The number of ether oxygens (including phenoxy) is 4. The summed E-state index contributed by atoms with van der Waals surface area (Å²) < 4.78 is 77.3. The minimum absolute atomic E-state index is 0.00912. The molecular formula is C28H31F4NO7. The van der Waals surface area contributed by atoms with Crippen LogP contribution in [0.4, 0.5) is 23.2 Å². The van der Waals surface area contributed by atoms with Gasteiger partial charge in [0, 0.05) is 37.8 Å². The van der Waals surface area contributed by atoms with Gasteiger partial charge in [-0.1, -0.05) is 19.3 Å². The third kappa shape index (κ3) is 7.16. The van der Waals surface area contributed by atoms with Gasteiger partial charge in [-0.2, -0.15) is 13.2 Å². The number of halogens is 4. The summed E-state index contributed by atoms with van der Waals surface area (Å²) in [6.07, 6.45) is -0.833. The molecule has 0 spiro atoms. The van der Waals surface area contributed by atoms with E-state index in [0.717, 1.165) is 50.6 Å². The summed E-state index contributed by atoms with van der Waals surface area (Å²) in [7, 11) is 3.91. The number of esters is 1. The van der Waals surface area contributed by atoms with E-state index in [1.807, 2.05) is 0 Å². The van der Waals surface area contributed by atoms with Crippen molar-refractivity contribution >= 4 is 23.9 Å². The van der Waals surface area contributed by atoms with Gasteiger partial charge in [-0.05, 0) is 31.0 Å². The third-order valence-electron chi connectivity index (χ3n) is 6.66. The summed E-state index contributed by atoms with van der Waals surface area (Å²) in [5.74, 6) is -4.35. The average molecular weight is 570 g/mol. The van der Waals surface area contributed by atoms with Crippen molar-refractivity contribution in [1.29, 1.82) is 0 Å². The molecule has 0 aromatic heterocycles. The van der Waals surface area contributed by atoms with Crippen LogP contribution in [-0.4, -0.2) is 58.7 Å². The van der Waals surface area contributed by atoms with Gasteiger partial charge < -0.3 is 23.8 Å². The molecule has 0 unspecified atom stereocenters. The number of nitrogens with zero attached hydrogens (tertiary/aromatic N) is 1. The number of amides is 1. The first-order valence-corrected chi connectivity index (χ1v) is 12.6. The number of carbonyl (C=O) groups excluding carboxylic acids is 3. The lowest BCUT2D eigenvalue weighted by atomic mass is 9.87. The van der Waals surface area contributed by atoms with Crippen LogP contribution in [0.5, 0.6) is 11.5 Å². The second kappa shape index (κ2) is 13.7. The molecule has 0 saturated heterocycles. The number of rotatable bonds is 11. The predicted molar refractivity (Wildman–Crippen MR) is 136 cm³/mol. The molecule has 3 rings (SSSR count). The molecule has 1 aliphatic rings. The molecule has 0 bridgehead atoms. The standard InChI is InChI=1S/C28H31F4NO7/c1-37-15-19(16-38-2)33(26(35)18-7-5-4-6-8-18)23-13-22(29)25(12-20(23)27(36)39-3)40-24-10-9-17(14-34)11-21(24)28(30,31)32/h9-14,18-19H,4-8,15-16H2,1-3H3. The minimum Gasteiger partial charge on any atom is -0.465 e. The molecule has 8 nitrogen and oxygen atoms in total. The molecule has 218 valence electrons. The highest BCUT2D eigenvalue weighted by atomic mass is 19.4. The van der Waals surface area contributed by atoms with E-state index in [0.29, 0.717) is 18.9 Å². The van der Waals surface area contributed by atoms with Crippen molar-refractivity contribution in [2.75, 3.05) is 39.4 Å². The van der Waals surface area contributed by atoms with Gasteiger partial charge in [0.1, 0.15) is 12.0 Å². The van der Waals surface area contributed by atoms with E-state index in [1.165, 1.54) is 19.1 Å². The van der Waals surface area contributed by atoms with Gasteiger partial charge in [-0.3, -0.25) is 9.59 Å². The van der Waals surface area contributed by atoms with Crippen LogP contribution >= 0.6 is 0 Å². The van der Waals surface area contributed by atoms with Crippen molar-refractivity contribution in [3.05, 3.63) is 52.8 Å². The quantitative estimate of drug-likeness (QED) is 0.192. The maximum Gasteiger partial charge on any atom is 0.420 e. The van der Waals surface area contributed by atoms with E-state index < -0.39 is 41.1 Å². The Hall–Kier alpha value is -3.51. The van der Waals surface area contributed by atoms with Crippen LogP contribution < -0.4 is 9.64 Å². The SMILES string of the molecule is COCC(COC)N(C(=O)C1CCCCC1)c1cc(F)c(Oc2ccc(C=O)cc2C(F)(F)F)cc1C(=O)OC. The fourth-order valence-corrected chi connectivity index (χ4v) is 4.77. The number of carbonyl (C=O) groups is 3. The van der Waals surface area contributed by atoms with Crippen molar-refractivity contribution in [3.8, 4) is 11.5 Å². The Morgan fingerprint density at radius 3 is 2.20 bits per heavy atom. The summed E-state index contributed by atoms with van der Waals surface area (Å²) in [6.45, 7) is -0.0182. The van der Waals surface area contributed by atoms with Gasteiger partial charge in [0.25, 0.3) is 0 Å². The second-order valence-corrected chi connectivity index (χ2v) is 9.37. The zero-order valence-corrected chi connectivity index (χ0v) is 22.4. The zero-order chi connectivity index (χ0) is 29.4. The fraction of sp³-hybridized carbons (Fsp3) is 0.464. The Balaban J connectivity index is 2.16. The first-order chi connectivity index (χ1) is 19.0. The molecule has 40 heavy (non-hydrogen) atoms. The van der Waals surface area contributed by atoms with Crippen LogP contribution in [0.15, 0.2) is 30.3 Å². The summed E-state index contributed by atoms with van der Waals surface area (Å²) in [5.41, 5.74) is -2.03. The highest BCUT2D eigenvalue weighted by Crippen LogP contribution is 2.41. The predicted octanol–water partition coefficient (Wildman–Crippen LogP) is 5.81. The molecule has 2 aromatic carbocycles. The lowest BCUT2D eigenvalue weighted by Crippen LogP contribution is -2.49. The van der Waals surface area contributed by atoms with Gasteiger partial charge in [0.05, 0.1) is 43.2 Å². The van der Waals surface area contributed by atoms with Gasteiger partial charge in [-0.25, -0.2) is 9.18 Å². The highest BCUT2D eigenvalue weighted by Gasteiger charge is 2.37. The second-order valence-electron chi connectivity index (χ2n) is 9.37. The number of benzene rings is 2. The first kappa shape index (κ1) is 31.0. The number of hydrogen-bond donors (Lipinski definition) is 0. The van der Waals surface area contributed by atoms with E-state index in [-0.39, 0.29) is 48.1 Å². The van der Waals surface area contributed by atoms with Crippen LogP contribution in [-0.2, 0) is 25.2 Å². The molecule has 0 N–H and O–H groups in total. The molecule has 0 aliphatic heterocycles. The van der Waals surface area contributed by atoms with E-state index in [1.54, 1.807) is 0 Å². The minimum atomic E-state index is -4.92. The zero-order valence-electron chi connectivity index (χ0n) is 22.4. The molecule has 0 heterocycles. The number of aldehydes is 1. The number of methoxy groups -OCH3 is 3. The molecule has 1 saturated carbocycles. The fourth-order valence-electron chi connectivity index (χ4n) is 4.77. The Morgan fingerprint density at radius 1 is 1.00 bits per heavy atom. The van der Waals surface area contributed by atoms with Crippen molar-refractivity contribution < 1.29 is 50.9 Å². The number of hydrogen-bond acceptors (Lipinski definition) is 7. The molecular weight excluding hydrogens is 538 g/mol. The van der Waals surface area contributed by atoms with Crippen LogP contribution in [0.1, 0.15) is 58.4 Å². The molecule has 1 aliphatic carbocycles. The normalized spacial score (nSPS) is 14.2. The monoisotopic (exact) mass is 569 g/mol. The largest absolute Gasteiger partial charge is 0.465 e. The first-order valence-electron chi connectivity index (χ1n) is 12.6. The van der Waals surface area contributed by atoms with Gasteiger partial charge in [0.15, 0.2) is 11.6 Å². The molecule has 12 heteroatoms. The maximum absolute atomic E-state index is 15.5. The smallest absolute Gasteiger partial charge is 0.420 e. The Kier molecular flexibility index (Phi) is 10.6. The summed E-state index contributed by atoms with van der Waals surface area (Å²) >= 11 is 0. The summed E-state index contributed by atoms with van der Waals surface area (Å²) in [5, 5.41) is 0. The van der Waals surface area contributed by atoms with E-state index in [4.69, 9.17) is 18.9 Å². The average Bonchev–Trinajstić information content (AvgIpc) is 2.94. The lowest BCUT2D eigenvalue weighted by molar-refractivity contribution is -0.138. The van der Waals surface area contributed by atoms with E-state index in [9.17, 15) is 27.6 Å². The van der Waals surface area contributed by atoms with Crippen LogP contribution in [0.25, 0.3) is 0 Å². The van der Waals surface area contributed by atoms with Crippen molar-refractivity contribution in [2.45, 2.75) is 44.3 Å². The molecule has 1 amide bonds. The third-order valence-corrected chi connectivity index (χ3v) is 6.66. The van der Waals surface area contributed by atoms with Crippen LogP contribution in [0.3, 0.4) is 0 Å². The molecule has 1 fully saturated rings. The van der Waals surface area contributed by atoms with Gasteiger partial charge in [0.2, 0.25) is 5.91 Å². The van der Waals surface area contributed by atoms with Crippen molar-refractivity contribution in [2.24, 2.45) is 5.92 Å². The summed E-state index contributed by atoms with van der Waals surface area (Å²) in [4.78, 5) is 39.0. The maximum atomic E-state index is 15.5. The lowest BCUT2D eigenvalue weighted by Gasteiger charge is -2.36. The van der Waals surface area contributed by atoms with Gasteiger partial charge in [-0.15, -0.1) is 0 Å². The van der Waals surface area contributed by atoms with Crippen LogP contribution in [0.2, 0.25) is 0 Å². The molecule has 2 aromatic rings. The topological polar surface area (TPSA) is 91.4 Å².